The molecule has 8 heteroatoms. The quantitative estimate of drug-likeness (QED) is 0.267. The van der Waals surface area contributed by atoms with E-state index in [1.54, 1.807) is 28.4 Å². The highest BCUT2D eigenvalue weighted by molar-refractivity contribution is 5.85. The van der Waals surface area contributed by atoms with Crippen molar-refractivity contribution in [3.8, 4) is 23.0 Å². The van der Waals surface area contributed by atoms with Gasteiger partial charge in [-0.3, -0.25) is 9.69 Å². The average molecular weight is 567 g/mol. The lowest BCUT2D eigenvalue weighted by molar-refractivity contribution is -0.127. The highest BCUT2D eigenvalue weighted by Gasteiger charge is 2.20. The van der Waals surface area contributed by atoms with E-state index in [-0.39, 0.29) is 18.3 Å². The van der Waals surface area contributed by atoms with Crippen molar-refractivity contribution in [1.29, 1.82) is 0 Å². The molecule has 7 nitrogen and oxygen atoms in total. The van der Waals surface area contributed by atoms with Gasteiger partial charge in [0.25, 0.3) is 0 Å². The summed E-state index contributed by atoms with van der Waals surface area (Å²) in [5, 5.41) is 0. The van der Waals surface area contributed by atoms with Crippen LogP contribution in [0.25, 0.3) is 6.08 Å². The van der Waals surface area contributed by atoms with Gasteiger partial charge in [0.15, 0.2) is 23.0 Å². The van der Waals surface area contributed by atoms with Crippen molar-refractivity contribution in [3.05, 3.63) is 89.1 Å². The van der Waals surface area contributed by atoms with Crippen LogP contribution in [0.3, 0.4) is 0 Å². The van der Waals surface area contributed by atoms with Gasteiger partial charge < -0.3 is 23.8 Å². The first-order valence-corrected chi connectivity index (χ1v) is 13.2. The van der Waals surface area contributed by atoms with Crippen molar-refractivity contribution in [3.63, 3.8) is 0 Å². The molecule has 0 aliphatic carbocycles. The van der Waals surface area contributed by atoms with Crippen LogP contribution in [0.2, 0.25) is 0 Å². The molecule has 1 aliphatic rings. The van der Waals surface area contributed by atoms with Gasteiger partial charge in [0.2, 0.25) is 5.91 Å². The van der Waals surface area contributed by atoms with E-state index in [1.165, 1.54) is 11.1 Å². The van der Waals surface area contributed by atoms with Crippen molar-refractivity contribution < 1.29 is 23.7 Å². The third kappa shape index (κ3) is 7.93. The molecule has 0 radical (unpaired) electrons. The molecule has 0 N–H and O–H groups in total. The number of halogens is 1. The average Bonchev–Trinajstić information content (AvgIpc) is 3.12. The molecule has 3 aromatic carbocycles. The van der Waals surface area contributed by atoms with E-state index in [0.717, 1.165) is 55.1 Å². The van der Waals surface area contributed by atoms with Crippen molar-refractivity contribution in [2.45, 2.75) is 25.8 Å². The van der Waals surface area contributed by atoms with E-state index < -0.39 is 0 Å². The fourth-order valence-electron chi connectivity index (χ4n) is 4.86. The van der Waals surface area contributed by atoms with E-state index in [2.05, 4.69) is 35.2 Å². The first-order valence-electron chi connectivity index (χ1n) is 13.2. The fraction of sp³-hybridized carbons (Fsp3) is 0.344. The predicted molar refractivity (Wildman–Crippen MR) is 161 cm³/mol. The molecule has 3 aromatic rings. The first-order chi connectivity index (χ1) is 19.0. The summed E-state index contributed by atoms with van der Waals surface area (Å²) in [4.78, 5) is 17.4. The van der Waals surface area contributed by atoms with Crippen LogP contribution in [0.5, 0.6) is 23.0 Å². The third-order valence-electron chi connectivity index (χ3n) is 7.03. The monoisotopic (exact) mass is 566 g/mol. The smallest absolute Gasteiger partial charge is 0.230 e. The Kier molecular flexibility index (Phi) is 11.7. The van der Waals surface area contributed by atoms with Gasteiger partial charge >= 0.3 is 0 Å². The van der Waals surface area contributed by atoms with E-state index in [9.17, 15) is 4.79 Å². The molecule has 1 amide bonds. The van der Waals surface area contributed by atoms with Gasteiger partial charge in [-0.05, 0) is 65.4 Å². The van der Waals surface area contributed by atoms with Crippen LogP contribution in [0.15, 0.2) is 66.9 Å². The summed E-state index contributed by atoms with van der Waals surface area (Å²) >= 11 is 0. The van der Waals surface area contributed by atoms with Gasteiger partial charge in [0.1, 0.15) is 0 Å². The summed E-state index contributed by atoms with van der Waals surface area (Å²) < 4.78 is 21.7. The molecule has 4 rings (SSSR count). The molecular weight excluding hydrogens is 528 g/mol. The lowest BCUT2D eigenvalue weighted by Crippen LogP contribution is -2.32. The van der Waals surface area contributed by atoms with E-state index >= 15 is 0 Å². The molecule has 0 unspecified atom stereocenters. The zero-order chi connectivity index (χ0) is 27.6. The Morgan fingerprint density at radius 3 is 2.15 bits per heavy atom. The SMILES string of the molecule is COc1ccc(CCN(CCCN2C=Cc3cc(OC)c(OC)cc3CC2=O)Cc2ccccc2)cc1OC.Cl. The van der Waals surface area contributed by atoms with Crippen LogP contribution in [0.4, 0.5) is 0 Å². The number of methoxy groups -OCH3 is 4. The van der Waals surface area contributed by atoms with Crippen molar-refractivity contribution >= 4 is 24.4 Å². The Morgan fingerprint density at radius 1 is 0.775 bits per heavy atom. The van der Waals surface area contributed by atoms with Crippen LogP contribution in [-0.4, -0.2) is 63.8 Å². The van der Waals surface area contributed by atoms with Crippen molar-refractivity contribution in [2.75, 3.05) is 48.1 Å². The van der Waals surface area contributed by atoms with E-state index in [1.807, 2.05) is 47.5 Å². The second kappa shape index (κ2) is 15.2. The minimum Gasteiger partial charge on any atom is -0.493 e. The molecule has 214 valence electrons. The highest BCUT2D eigenvalue weighted by Crippen LogP contribution is 2.33. The Bertz CT molecular complexity index is 1280. The lowest BCUT2D eigenvalue weighted by Gasteiger charge is -2.24. The minimum absolute atomic E-state index is 0. The number of hydrogen-bond acceptors (Lipinski definition) is 6. The number of fused-ring (bicyclic) bond motifs is 1. The van der Waals surface area contributed by atoms with Gasteiger partial charge in [-0.25, -0.2) is 0 Å². The third-order valence-corrected chi connectivity index (χ3v) is 7.03. The maximum Gasteiger partial charge on any atom is 0.230 e. The number of carbonyl (C=O) groups excluding carboxylic acids is 1. The molecule has 0 spiro atoms. The summed E-state index contributed by atoms with van der Waals surface area (Å²) in [6.45, 7) is 3.26. The first kappa shape index (κ1) is 30.9. The summed E-state index contributed by atoms with van der Waals surface area (Å²) in [5.41, 5.74) is 4.38. The minimum atomic E-state index is 0. The standard InChI is InChI=1S/C32H38N2O5.ClH/c1-36-28-12-11-24(19-29(28)37-2)13-17-33(23-25-9-6-5-7-10-25)15-8-16-34-18-14-26-20-30(38-3)31(39-4)21-27(26)22-32(34)35;/h5-7,9-12,14,18-21H,8,13,15-17,22-23H2,1-4H3;1H. The van der Waals surface area contributed by atoms with Gasteiger partial charge in [-0.2, -0.15) is 0 Å². The maximum atomic E-state index is 13.1. The molecule has 1 aliphatic heterocycles. The Balaban J connectivity index is 0.00000441. The number of ether oxygens (including phenoxy) is 4. The topological polar surface area (TPSA) is 60.5 Å². The molecule has 0 atom stereocenters. The number of rotatable bonds is 13. The zero-order valence-corrected chi connectivity index (χ0v) is 24.5. The van der Waals surface area contributed by atoms with E-state index in [0.29, 0.717) is 24.5 Å². The van der Waals surface area contributed by atoms with Crippen molar-refractivity contribution in [1.82, 2.24) is 9.80 Å². The van der Waals surface area contributed by atoms with Gasteiger partial charge in [-0.1, -0.05) is 36.4 Å². The fourth-order valence-corrected chi connectivity index (χ4v) is 4.86. The second-order valence-electron chi connectivity index (χ2n) is 9.54. The van der Waals surface area contributed by atoms with E-state index in [4.69, 9.17) is 18.9 Å². The van der Waals surface area contributed by atoms with Gasteiger partial charge in [-0.15, -0.1) is 12.4 Å². The van der Waals surface area contributed by atoms with Gasteiger partial charge in [0, 0.05) is 32.4 Å². The second-order valence-corrected chi connectivity index (χ2v) is 9.54. The van der Waals surface area contributed by atoms with Gasteiger partial charge in [0.05, 0.1) is 34.9 Å². The van der Waals surface area contributed by atoms with Crippen LogP contribution < -0.4 is 18.9 Å². The lowest BCUT2D eigenvalue weighted by atomic mass is 10.0. The zero-order valence-electron chi connectivity index (χ0n) is 23.7. The summed E-state index contributed by atoms with van der Waals surface area (Å²) in [7, 11) is 6.54. The number of hydrogen-bond donors (Lipinski definition) is 0. The maximum absolute atomic E-state index is 13.1. The van der Waals surface area contributed by atoms with Crippen LogP contribution in [0.1, 0.15) is 28.7 Å². The van der Waals surface area contributed by atoms with Crippen LogP contribution >= 0.6 is 12.4 Å². The summed E-state index contributed by atoms with van der Waals surface area (Å²) in [6, 6.07) is 20.4. The Hall–Kier alpha value is -3.68. The summed E-state index contributed by atoms with van der Waals surface area (Å²) in [6.07, 6.45) is 5.95. The molecular formula is C32H39ClN2O5. The van der Waals surface area contributed by atoms with Crippen molar-refractivity contribution in [2.24, 2.45) is 0 Å². The molecule has 0 saturated carbocycles. The Morgan fingerprint density at radius 2 is 1.45 bits per heavy atom. The molecule has 40 heavy (non-hydrogen) atoms. The normalized spacial score (nSPS) is 12.4. The Labute approximate surface area is 243 Å². The number of carbonyl (C=O) groups is 1. The largest absolute Gasteiger partial charge is 0.493 e. The molecule has 1 heterocycles. The summed E-state index contributed by atoms with van der Waals surface area (Å²) in [5.74, 6) is 2.85. The predicted octanol–water partition coefficient (Wildman–Crippen LogP) is 5.63. The molecule has 0 aromatic heterocycles. The number of nitrogens with zero attached hydrogens (tertiary/aromatic N) is 2. The van der Waals surface area contributed by atoms with Crippen LogP contribution in [-0.2, 0) is 24.2 Å². The molecule has 0 fully saturated rings. The molecule has 0 saturated heterocycles. The number of benzene rings is 3. The molecule has 0 bridgehead atoms. The van der Waals surface area contributed by atoms with Crippen LogP contribution in [0, 0.1) is 0 Å². The number of amides is 1. The highest BCUT2D eigenvalue weighted by atomic mass is 35.5.